The van der Waals surface area contributed by atoms with Crippen LogP contribution in [0.1, 0.15) is 15.9 Å². The van der Waals surface area contributed by atoms with Gasteiger partial charge in [0, 0.05) is 10.0 Å². The van der Waals surface area contributed by atoms with Gasteiger partial charge in [-0.25, -0.2) is 4.39 Å². The molecule has 0 spiro atoms. The number of nitrogens with zero attached hydrogens (tertiary/aromatic N) is 1. The third-order valence-electron chi connectivity index (χ3n) is 2.50. The number of carbonyl (C=O) groups excluding carboxylic acids is 1. The van der Waals surface area contributed by atoms with E-state index in [4.69, 9.17) is 16.9 Å². The molecule has 20 heavy (non-hydrogen) atoms. The van der Waals surface area contributed by atoms with Crippen LogP contribution < -0.4 is 5.32 Å². The first-order chi connectivity index (χ1) is 9.51. The number of benzene rings is 2. The van der Waals surface area contributed by atoms with Crippen molar-refractivity contribution in [2.45, 2.75) is 0 Å². The van der Waals surface area contributed by atoms with Crippen LogP contribution in [-0.4, -0.2) is 5.91 Å². The summed E-state index contributed by atoms with van der Waals surface area (Å²) >= 11 is 9.02. The number of hydrogen-bond acceptors (Lipinski definition) is 2. The number of rotatable bonds is 2. The molecular weight excluding hydrogens is 347 g/mol. The van der Waals surface area contributed by atoms with Crippen LogP contribution in [0, 0.1) is 17.1 Å². The molecule has 0 saturated carbocycles. The Kier molecular flexibility index (Phi) is 4.38. The smallest absolute Gasteiger partial charge is 0.255 e. The first-order valence-corrected chi connectivity index (χ1v) is 6.64. The molecule has 100 valence electrons. The zero-order chi connectivity index (χ0) is 14.7. The number of anilines is 1. The van der Waals surface area contributed by atoms with Crippen molar-refractivity contribution in [2.24, 2.45) is 0 Å². The van der Waals surface area contributed by atoms with Gasteiger partial charge in [-0.05, 0) is 46.3 Å². The fourth-order valence-corrected chi connectivity index (χ4v) is 2.48. The average molecular weight is 354 g/mol. The highest BCUT2D eigenvalue weighted by Gasteiger charge is 2.13. The Labute approximate surface area is 128 Å². The molecule has 0 fully saturated rings. The molecule has 0 aromatic heterocycles. The largest absolute Gasteiger partial charge is 0.320 e. The number of nitriles is 1. The van der Waals surface area contributed by atoms with Gasteiger partial charge in [0.25, 0.3) is 5.91 Å². The molecule has 0 heterocycles. The van der Waals surface area contributed by atoms with Gasteiger partial charge in [0.15, 0.2) is 0 Å². The van der Waals surface area contributed by atoms with Crippen LogP contribution in [0.2, 0.25) is 5.02 Å². The third kappa shape index (κ3) is 3.16. The lowest BCUT2D eigenvalue weighted by Gasteiger charge is -2.09. The van der Waals surface area contributed by atoms with E-state index >= 15 is 0 Å². The van der Waals surface area contributed by atoms with Crippen LogP contribution in [-0.2, 0) is 0 Å². The molecule has 3 nitrogen and oxygen atoms in total. The van der Waals surface area contributed by atoms with E-state index in [-0.39, 0.29) is 10.7 Å². The summed E-state index contributed by atoms with van der Waals surface area (Å²) in [5.74, 6) is -0.942. The van der Waals surface area contributed by atoms with Crippen molar-refractivity contribution in [3.05, 3.63) is 62.8 Å². The van der Waals surface area contributed by atoms with E-state index in [1.54, 1.807) is 18.2 Å². The number of carbonyl (C=O) groups is 1. The predicted octanol–water partition coefficient (Wildman–Crippen LogP) is 4.37. The van der Waals surface area contributed by atoms with Crippen molar-refractivity contribution in [3.63, 3.8) is 0 Å². The summed E-state index contributed by atoms with van der Waals surface area (Å²) in [6, 6.07) is 10.5. The Morgan fingerprint density at radius 1 is 1.35 bits per heavy atom. The Hall–Kier alpha value is -1.90. The highest BCUT2D eigenvalue weighted by Crippen LogP contribution is 2.32. The van der Waals surface area contributed by atoms with E-state index in [0.29, 0.717) is 15.6 Å². The lowest BCUT2D eigenvalue weighted by molar-refractivity contribution is 0.102. The second kappa shape index (κ2) is 6.04. The second-order valence-corrected chi connectivity index (χ2v) is 5.15. The monoisotopic (exact) mass is 352 g/mol. The Morgan fingerprint density at radius 2 is 2.10 bits per heavy atom. The second-order valence-electron chi connectivity index (χ2n) is 3.89. The van der Waals surface area contributed by atoms with Gasteiger partial charge in [0.2, 0.25) is 0 Å². The molecule has 6 heteroatoms. The third-order valence-corrected chi connectivity index (χ3v) is 3.42. The number of halogens is 3. The van der Waals surface area contributed by atoms with Crippen molar-refractivity contribution in [2.75, 3.05) is 5.32 Å². The molecule has 0 aliphatic heterocycles. The minimum atomic E-state index is -0.508. The normalized spacial score (nSPS) is 9.90. The summed E-state index contributed by atoms with van der Waals surface area (Å²) in [5.41, 5.74) is 0.971. The van der Waals surface area contributed by atoms with Crippen molar-refractivity contribution >= 4 is 39.1 Å². The molecule has 0 unspecified atom stereocenters. The van der Waals surface area contributed by atoms with E-state index in [2.05, 4.69) is 21.2 Å². The highest BCUT2D eigenvalue weighted by atomic mass is 79.9. The van der Waals surface area contributed by atoms with Crippen LogP contribution >= 0.6 is 27.5 Å². The number of nitrogens with one attached hydrogen (secondary N) is 1. The molecule has 1 amide bonds. The van der Waals surface area contributed by atoms with Gasteiger partial charge < -0.3 is 5.32 Å². The Bertz CT molecular complexity index is 704. The maximum atomic E-state index is 13.1. The lowest BCUT2D eigenvalue weighted by atomic mass is 10.1. The first-order valence-electron chi connectivity index (χ1n) is 5.47. The number of amides is 1. The summed E-state index contributed by atoms with van der Waals surface area (Å²) in [6.45, 7) is 0. The van der Waals surface area contributed by atoms with Crippen molar-refractivity contribution in [1.82, 2.24) is 0 Å². The van der Waals surface area contributed by atoms with Gasteiger partial charge in [-0.2, -0.15) is 5.26 Å². The maximum absolute atomic E-state index is 13.1. The van der Waals surface area contributed by atoms with E-state index < -0.39 is 11.7 Å². The van der Waals surface area contributed by atoms with Gasteiger partial charge in [0.05, 0.1) is 22.3 Å². The summed E-state index contributed by atoms with van der Waals surface area (Å²) in [7, 11) is 0. The van der Waals surface area contributed by atoms with Crippen molar-refractivity contribution in [3.8, 4) is 6.07 Å². The van der Waals surface area contributed by atoms with E-state index in [9.17, 15) is 9.18 Å². The van der Waals surface area contributed by atoms with Crippen LogP contribution in [0.3, 0.4) is 0 Å². The van der Waals surface area contributed by atoms with Crippen LogP contribution in [0.5, 0.6) is 0 Å². The van der Waals surface area contributed by atoms with Crippen molar-refractivity contribution in [1.29, 1.82) is 5.26 Å². The Balaban J connectivity index is 2.31. The van der Waals surface area contributed by atoms with Crippen LogP contribution in [0.15, 0.2) is 40.9 Å². The summed E-state index contributed by atoms with van der Waals surface area (Å²) < 4.78 is 13.4. The van der Waals surface area contributed by atoms with Crippen LogP contribution in [0.25, 0.3) is 0 Å². The number of hydrogen-bond donors (Lipinski definition) is 1. The maximum Gasteiger partial charge on any atom is 0.255 e. The zero-order valence-electron chi connectivity index (χ0n) is 9.95. The van der Waals surface area contributed by atoms with Gasteiger partial charge in [-0.15, -0.1) is 0 Å². The van der Waals surface area contributed by atoms with Gasteiger partial charge >= 0.3 is 0 Å². The predicted molar refractivity (Wildman–Crippen MR) is 78.2 cm³/mol. The van der Waals surface area contributed by atoms with Crippen molar-refractivity contribution < 1.29 is 9.18 Å². The fraction of sp³-hybridized carbons (Fsp3) is 0. The molecule has 0 bridgehead atoms. The van der Waals surface area contributed by atoms with E-state index in [0.717, 1.165) is 6.07 Å². The average Bonchev–Trinajstić information content (AvgIpc) is 2.42. The van der Waals surface area contributed by atoms with E-state index in [1.165, 1.54) is 12.1 Å². The zero-order valence-corrected chi connectivity index (χ0v) is 12.3. The molecule has 2 aromatic rings. The minimum Gasteiger partial charge on any atom is -0.320 e. The summed E-state index contributed by atoms with van der Waals surface area (Å²) in [5, 5.41) is 11.5. The Morgan fingerprint density at radius 3 is 2.75 bits per heavy atom. The summed E-state index contributed by atoms with van der Waals surface area (Å²) in [6.07, 6.45) is 0. The van der Waals surface area contributed by atoms with Gasteiger partial charge in [0.1, 0.15) is 5.82 Å². The fourth-order valence-electron chi connectivity index (χ4n) is 1.58. The molecule has 0 aliphatic rings. The molecule has 2 rings (SSSR count). The molecular formula is C14H7BrClFN2O. The first kappa shape index (κ1) is 14.5. The minimum absolute atomic E-state index is 0.0849. The van der Waals surface area contributed by atoms with Crippen LogP contribution in [0.4, 0.5) is 10.1 Å². The SMILES string of the molecule is N#Cc1cccc(C(=O)Nc2c(Cl)cc(F)cc2Br)c1. The highest BCUT2D eigenvalue weighted by molar-refractivity contribution is 9.10. The molecule has 0 aliphatic carbocycles. The standard InChI is InChI=1S/C14H7BrClFN2O/c15-11-5-10(17)6-12(16)13(11)19-14(20)9-3-1-2-8(4-9)7-18/h1-6H,(H,19,20). The lowest BCUT2D eigenvalue weighted by Crippen LogP contribution is -2.13. The molecule has 0 radical (unpaired) electrons. The molecule has 0 atom stereocenters. The van der Waals surface area contributed by atoms with E-state index in [1.807, 2.05) is 6.07 Å². The van der Waals surface area contributed by atoms with Gasteiger partial charge in [-0.3, -0.25) is 4.79 Å². The molecule has 2 aromatic carbocycles. The molecule has 1 N–H and O–H groups in total. The van der Waals surface area contributed by atoms with Gasteiger partial charge in [-0.1, -0.05) is 17.7 Å². The summed E-state index contributed by atoms with van der Waals surface area (Å²) in [4.78, 5) is 12.1. The molecule has 0 saturated heterocycles. The topological polar surface area (TPSA) is 52.9 Å². The quantitative estimate of drug-likeness (QED) is 0.872.